The summed E-state index contributed by atoms with van der Waals surface area (Å²) in [6.07, 6.45) is 7.90. The first-order chi connectivity index (χ1) is 5.91. The minimum atomic E-state index is 0.751. The number of hydrogen-bond acceptors (Lipinski definition) is 1. The van der Waals surface area contributed by atoms with Crippen molar-refractivity contribution in [2.24, 2.45) is 0 Å². The van der Waals surface area contributed by atoms with Crippen LogP contribution < -0.4 is 0 Å². The van der Waals surface area contributed by atoms with Crippen LogP contribution in [0.5, 0.6) is 0 Å². The first-order valence-electron chi connectivity index (χ1n) is 5.26. The highest BCUT2D eigenvalue weighted by Gasteiger charge is 1.91. The van der Waals surface area contributed by atoms with E-state index in [1.54, 1.807) is 0 Å². The van der Waals surface area contributed by atoms with Gasteiger partial charge >= 0.3 is 0 Å². The van der Waals surface area contributed by atoms with E-state index in [0.717, 1.165) is 16.4 Å². The molecule has 0 bridgehead atoms. The molecule has 0 fully saturated rings. The maximum absolute atomic E-state index is 5.51. The monoisotopic (exact) mass is 186 g/mol. The molecule has 0 amide bonds. The molecule has 0 atom stereocenters. The largest absolute Gasteiger partial charge is 0.417 e. The van der Waals surface area contributed by atoms with E-state index in [0.29, 0.717) is 0 Å². The van der Waals surface area contributed by atoms with E-state index in [9.17, 15) is 0 Å². The Bertz CT molecular complexity index is 66.2. The van der Waals surface area contributed by atoms with Crippen LogP contribution in [0.15, 0.2) is 0 Å². The Balaban J connectivity index is 2.73. The summed E-state index contributed by atoms with van der Waals surface area (Å²) in [5.74, 6) is 0. The van der Waals surface area contributed by atoms with Crippen LogP contribution in [0.4, 0.5) is 0 Å². The van der Waals surface area contributed by atoms with Gasteiger partial charge in [0.05, 0.1) is 0 Å². The molecule has 12 heavy (non-hydrogen) atoms. The Kier molecular flexibility index (Phi) is 11.3. The van der Waals surface area contributed by atoms with E-state index in [1.807, 2.05) is 0 Å². The molecule has 0 aromatic heterocycles. The SMILES string of the molecule is CCCCCCO[Si]CCCC. The molecule has 0 N–H and O–H groups in total. The van der Waals surface area contributed by atoms with Gasteiger partial charge in [-0.2, -0.15) is 0 Å². The van der Waals surface area contributed by atoms with Crippen LogP contribution in [0, 0.1) is 0 Å². The third kappa shape index (κ3) is 10.2. The molecular formula is C10H22OSi. The minimum Gasteiger partial charge on any atom is -0.417 e. The molecule has 0 heterocycles. The lowest BCUT2D eigenvalue weighted by Crippen LogP contribution is -1.99. The number of rotatable bonds is 9. The van der Waals surface area contributed by atoms with Crippen molar-refractivity contribution in [3.05, 3.63) is 0 Å². The molecule has 72 valence electrons. The zero-order chi connectivity index (χ0) is 9.07. The maximum atomic E-state index is 5.51. The van der Waals surface area contributed by atoms with Crippen LogP contribution in [-0.4, -0.2) is 16.4 Å². The predicted molar refractivity (Wildman–Crippen MR) is 55.6 cm³/mol. The predicted octanol–water partition coefficient (Wildman–Crippen LogP) is 3.42. The average Bonchev–Trinajstić information content (AvgIpc) is 2.10. The summed E-state index contributed by atoms with van der Waals surface area (Å²) in [5.41, 5.74) is 0. The van der Waals surface area contributed by atoms with Gasteiger partial charge in [-0.15, -0.1) is 0 Å². The van der Waals surface area contributed by atoms with Crippen LogP contribution in [0.25, 0.3) is 0 Å². The maximum Gasteiger partial charge on any atom is 0.229 e. The highest BCUT2D eigenvalue weighted by atomic mass is 28.2. The molecule has 0 rings (SSSR count). The van der Waals surface area contributed by atoms with Gasteiger partial charge in [-0.3, -0.25) is 0 Å². The highest BCUT2D eigenvalue weighted by molar-refractivity contribution is 6.26. The van der Waals surface area contributed by atoms with Crippen molar-refractivity contribution in [1.29, 1.82) is 0 Å². The van der Waals surface area contributed by atoms with Crippen molar-refractivity contribution < 1.29 is 4.43 Å². The van der Waals surface area contributed by atoms with Crippen molar-refractivity contribution in [3.8, 4) is 0 Å². The number of hydrogen-bond donors (Lipinski definition) is 0. The molecule has 0 saturated heterocycles. The van der Waals surface area contributed by atoms with E-state index in [4.69, 9.17) is 4.43 Å². The highest BCUT2D eigenvalue weighted by Crippen LogP contribution is 1.99. The van der Waals surface area contributed by atoms with Gasteiger partial charge in [0.25, 0.3) is 0 Å². The quantitative estimate of drug-likeness (QED) is 0.396. The molecule has 0 aliphatic heterocycles. The van der Waals surface area contributed by atoms with Gasteiger partial charge in [0, 0.05) is 6.61 Å². The molecule has 0 spiro atoms. The molecule has 0 saturated carbocycles. The van der Waals surface area contributed by atoms with Crippen molar-refractivity contribution in [2.45, 2.75) is 58.4 Å². The summed E-state index contributed by atoms with van der Waals surface area (Å²) in [4.78, 5) is 0. The van der Waals surface area contributed by atoms with Gasteiger partial charge in [-0.05, 0) is 12.5 Å². The van der Waals surface area contributed by atoms with Crippen LogP contribution in [0.1, 0.15) is 52.4 Å². The Morgan fingerprint density at radius 3 is 2.33 bits per heavy atom. The first kappa shape index (κ1) is 12.2. The fourth-order valence-electron chi connectivity index (χ4n) is 0.994. The molecule has 0 aromatic rings. The molecule has 0 aliphatic carbocycles. The van der Waals surface area contributed by atoms with Crippen molar-refractivity contribution in [3.63, 3.8) is 0 Å². The Hall–Kier alpha value is 0.177. The lowest BCUT2D eigenvalue weighted by Gasteiger charge is -2.01. The smallest absolute Gasteiger partial charge is 0.229 e. The zero-order valence-corrected chi connectivity index (χ0v) is 9.57. The van der Waals surface area contributed by atoms with Gasteiger partial charge < -0.3 is 4.43 Å². The fraction of sp³-hybridized carbons (Fsp3) is 1.00. The second-order valence-corrected chi connectivity index (χ2v) is 4.23. The summed E-state index contributed by atoms with van der Waals surface area (Å²) in [5, 5.41) is 0. The standard InChI is InChI=1S/C10H22OSi/c1-3-5-7-8-9-11-12-10-6-4-2/h3-10H2,1-2H3. The minimum absolute atomic E-state index is 0.751. The van der Waals surface area contributed by atoms with E-state index >= 15 is 0 Å². The Morgan fingerprint density at radius 1 is 0.917 bits per heavy atom. The summed E-state index contributed by atoms with van der Waals surface area (Å²) < 4.78 is 5.51. The fourth-order valence-corrected chi connectivity index (χ4v) is 1.93. The molecule has 2 radical (unpaired) electrons. The molecule has 0 aromatic carbocycles. The van der Waals surface area contributed by atoms with Gasteiger partial charge in [0.2, 0.25) is 9.76 Å². The summed E-state index contributed by atoms with van der Waals surface area (Å²) >= 11 is 0. The van der Waals surface area contributed by atoms with E-state index < -0.39 is 0 Å². The second-order valence-electron chi connectivity index (χ2n) is 3.16. The van der Waals surface area contributed by atoms with Gasteiger partial charge in [0.1, 0.15) is 0 Å². The van der Waals surface area contributed by atoms with E-state index in [1.165, 1.54) is 44.6 Å². The van der Waals surface area contributed by atoms with Crippen LogP contribution in [-0.2, 0) is 4.43 Å². The normalized spacial score (nSPS) is 10.5. The van der Waals surface area contributed by atoms with Crippen LogP contribution >= 0.6 is 0 Å². The molecule has 0 unspecified atom stereocenters. The van der Waals surface area contributed by atoms with Crippen molar-refractivity contribution in [2.75, 3.05) is 6.61 Å². The van der Waals surface area contributed by atoms with Crippen LogP contribution in [0.3, 0.4) is 0 Å². The molecule has 2 heteroatoms. The molecule has 0 aliphatic rings. The van der Waals surface area contributed by atoms with E-state index in [2.05, 4.69) is 13.8 Å². The Labute approximate surface area is 79.8 Å². The lowest BCUT2D eigenvalue weighted by molar-refractivity contribution is 0.320. The summed E-state index contributed by atoms with van der Waals surface area (Å²) in [7, 11) is 0.751. The average molecular weight is 186 g/mol. The van der Waals surface area contributed by atoms with Crippen molar-refractivity contribution in [1.82, 2.24) is 0 Å². The third-order valence-corrected chi connectivity index (χ3v) is 2.80. The first-order valence-corrected chi connectivity index (χ1v) is 6.38. The van der Waals surface area contributed by atoms with E-state index in [-0.39, 0.29) is 0 Å². The molecule has 1 nitrogen and oxygen atoms in total. The second kappa shape index (κ2) is 11.2. The number of unbranched alkanes of at least 4 members (excludes halogenated alkanes) is 4. The summed E-state index contributed by atoms with van der Waals surface area (Å²) in [6.45, 7) is 5.46. The van der Waals surface area contributed by atoms with Crippen LogP contribution in [0.2, 0.25) is 6.04 Å². The topological polar surface area (TPSA) is 9.23 Å². The van der Waals surface area contributed by atoms with Gasteiger partial charge in [-0.1, -0.05) is 46.0 Å². The Morgan fingerprint density at radius 2 is 1.67 bits per heavy atom. The van der Waals surface area contributed by atoms with Crippen molar-refractivity contribution >= 4 is 9.76 Å². The molecular weight excluding hydrogens is 164 g/mol. The van der Waals surface area contributed by atoms with Gasteiger partial charge in [0.15, 0.2) is 0 Å². The zero-order valence-electron chi connectivity index (χ0n) is 8.57. The van der Waals surface area contributed by atoms with Gasteiger partial charge in [-0.25, -0.2) is 0 Å². The lowest BCUT2D eigenvalue weighted by atomic mass is 10.2. The summed E-state index contributed by atoms with van der Waals surface area (Å²) in [6, 6.07) is 1.27. The third-order valence-electron chi connectivity index (χ3n) is 1.83.